The first-order valence-corrected chi connectivity index (χ1v) is 15.8. The lowest BCUT2D eigenvalue weighted by Gasteiger charge is -2.42. The fraction of sp³-hybridized carbons (Fsp3) is 0.839. The van der Waals surface area contributed by atoms with Gasteiger partial charge in [0.05, 0.1) is 31.2 Å². The molecule has 1 aliphatic carbocycles. The van der Waals surface area contributed by atoms with Crippen molar-refractivity contribution in [2.45, 2.75) is 115 Å². The highest BCUT2D eigenvalue weighted by atomic mass is 16.6. The maximum atomic E-state index is 13.1. The topological polar surface area (TPSA) is 166 Å². The van der Waals surface area contributed by atoms with Crippen LogP contribution in [-0.2, 0) is 28.5 Å². The fourth-order valence-corrected chi connectivity index (χ4v) is 6.10. The molecule has 3 aliphatic rings. The Labute approximate surface area is 256 Å². The van der Waals surface area contributed by atoms with E-state index in [4.69, 9.17) is 29.4 Å². The van der Waals surface area contributed by atoms with Crippen LogP contribution in [0.15, 0.2) is 11.6 Å². The zero-order valence-electron chi connectivity index (χ0n) is 26.9. The highest BCUT2D eigenvalue weighted by Gasteiger charge is 2.72. The summed E-state index contributed by atoms with van der Waals surface area (Å²) in [6.07, 6.45) is 6.09. The number of nitrogens with two attached hydrogens (primary N) is 1. The number of ether oxygens (including phenoxy) is 5. The van der Waals surface area contributed by atoms with Crippen LogP contribution in [0.5, 0.6) is 0 Å². The Balaban J connectivity index is 1.42. The summed E-state index contributed by atoms with van der Waals surface area (Å²) in [6, 6.07) is -0.418. The molecule has 0 bridgehead atoms. The van der Waals surface area contributed by atoms with Gasteiger partial charge in [-0.2, -0.15) is 0 Å². The quantitative estimate of drug-likeness (QED) is 0.110. The van der Waals surface area contributed by atoms with Crippen molar-refractivity contribution >= 4 is 18.1 Å². The van der Waals surface area contributed by atoms with Gasteiger partial charge in [-0.25, -0.2) is 9.59 Å². The number of carbonyl (C=O) groups is 3. The minimum atomic E-state index is -0.563. The van der Waals surface area contributed by atoms with Crippen LogP contribution >= 0.6 is 0 Å². The number of amides is 3. The third-order valence-electron chi connectivity index (χ3n) is 8.88. The Hall–Kier alpha value is -2.41. The Morgan fingerprint density at radius 1 is 1.07 bits per heavy atom. The summed E-state index contributed by atoms with van der Waals surface area (Å²) >= 11 is 0. The fourth-order valence-electron chi connectivity index (χ4n) is 6.10. The third kappa shape index (κ3) is 10.1. The van der Waals surface area contributed by atoms with Gasteiger partial charge in [-0.15, -0.1) is 0 Å². The molecule has 0 aromatic heterocycles. The van der Waals surface area contributed by atoms with E-state index >= 15 is 0 Å². The molecule has 12 heteroatoms. The van der Waals surface area contributed by atoms with Gasteiger partial charge in [0.25, 0.3) is 0 Å². The van der Waals surface area contributed by atoms with Crippen molar-refractivity contribution in [2.24, 2.45) is 17.6 Å². The molecule has 3 fully saturated rings. The van der Waals surface area contributed by atoms with Crippen LogP contribution < -0.4 is 21.7 Å². The molecule has 3 rings (SSSR count). The van der Waals surface area contributed by atoms with E-state index in [1.54, 1.807) is 7.11 Å². The van der Waals surface area contributed by atoms with Crippen molar-refractivity contribution < 1.29 is 38.1 Å². The van der Waals surface area contributed by atoms with E-state index in [1.165, 1.54) is 5.57 Å². The highest BCUT2D eigenvalue weighted by Crippen LogP contribution is 2.59. The van der Waals surface area contributed by atoms with E-state index < -0.39 is 29.9 Å². The second kappa shape index (κ2) is 16.1. The molecule has 0 radical (unpaired) electrons. The second-order valence-electron chi connectivity index (χ2n) is 12.8. The molecule has 3 amide bonds. The van der Waals surface area contributed by atoms with Crippen LogP contribution in [0.4, 0.5) is 9.59 Å². The summed E-state index contributed by atoms with van der Waals surface area (Å²) in [4.78, 5) is 36.4. The number of alkyl carbamates (subject to hydrolysis) is 2. The molecule has 1 saturated carbocycles. The first kappa shape index (κ1) is 35.1. The molecule has 7 atom stereocenters. The normalized spacial score (nSPS) is 29.9. The Morgan fingerprint density at radius 2 is 1.74 bits per heavy atom. The second-order valence-corrected chi connectivity index (χ2v) is 12.8. The van der Waals surface area contributed by atoms with Crippen LogP contribution in [0.1, 0.15) is 79.6 Å². The SMILES string of the molecule is COC1C(OC(=O)NC(COC(=O)NCCCCCCNC(=O)CN)C(C)C)CCC2(CO2)C1C1(C)OC1CC=C(C)C. The average molecular weight is 611 g/mol. The number of hydrogen-bond donors (Lipinski definition) is 4. The molecular formula is C31H54N4O8. The number of nitrogens with one attached hydrogen (secondary N) is 3. The molecule has 0 aromatic carbocycles. The number of epoxide rings is 2. The Bertz CT molecular complexity index is 967. The van der Waals surface area contributed by atoms with Crippen LogP contribution in [0.25, 0.3) is 0 Å². The number of hydrogen-bond acceptors (Lipinski definition) is 9. The van der Waals surface area contributed by atoms with E-state index in [0.29, 0.717) is 26.1 Å². The van der Waals surface area contributed by atoms with Crippen molar-refractivity contribution in [2.75, 3.05) is 40.0 Å². The molecule has 5 N–H and O–H groups in total. The smallest absolute Gasteiger partial charge is 0.407 e. The minimum absolute atomic E-state index is 0.000886. The lowest BCUT2D eigenvalue weighted by molar-refractivity contribution is -0.119. The summed E-state index contributed by atoms with van der Waals surface area (Å²) in [5.74, 6) is -0.204. The van der Waals surface area contributed by atoms with Gasteiger partial charge in [-0.3, -0.25) is 4.79 Å². The van der Waals surface area contributed by atoms with Gasteiger partial charge < -0.3 is 45.4 Å². The number of allylic oxidation sites excluding steroid dienone is 1. The molecule has 246 valence electrons. The van der Waals surface area contributed by atoms with E-state index in [1.807, 2.05) is 13.8 Å². The maximum absolute atomic E-state index is 13.1. The van der Waals surface area contributed by atoms with Crippen molar-refractivity contribution in [3.8, 4) is 0 Å². The Kier molecular flexibility index (Phi) is 13.1. The molecule has 7 unspecified atom stereocenters. The largest absolute Gasteiger partial charge is 0.447 e. The molecule has 2 aliphatic heterocycles. The van der Waals surface area contributed by atoms with Gasteiger partial charge in [0, 0.05) is 20.2 Å². The molecule has 43 heavy (non-hydrogen) atoms. The van der Waals surface area contributed by atoms with Crippen molar-refractivity contribution in [1.82, 2.24) is 16.0 Å². The monoisotopic (exact) mass is 610 g/mol. The number of unbranched alkanes of at least 4 members (excludes halogenated alkanes) is 3. The summed E-state index contributed by atoms with van der Waals surface area (Å²) in [7, 11) is 1.65. The predicted octanol–water partition coefficient (Wildman–Crippen LogP) is 3.18. The van der Waals surface area contributed by atoms with Gasteiger partial charge in [-0.1, -0.05) is 38.3 Å². The minimum Gasteiger partial charge on any atom is -0.447 e. The molecule has 12 nitrogen and oxygen atoms in total. The lowest BCUT2D eigenvalue weighted by Crippen LogP contribution is -2.56. The lowest BCUT2D eigenvalue weighted by atomic mass is 9.68. The maximum Gasteiger partial charge on any atom is 0.407 e. The predicted molar refractivity (Wildman–Crippen MR) is 161 cm³/mol. The van der Waals surface area contributed by atoms with E-state index in [-0.39, 0.29) is 48.7 Å². The summed E-state index contributed by atoms with van der Waals surface area (Å²) in [5, 5.41) is 8.37. The van der Waals surface area contributed by atoms with Crippen molar-refractivity contribution in [3.05, 3.63) is 11.6 Å². The number of methoxy groups -OCH3 is 1. The summed E-state index contributed by atoms with van der Waals surface area (Å²) in [6.45, 7) is 11.9. The van der Waals surface area contributed by atoms with Crippen LogP contribution in [-0.4, -0.2) is 93.6 Å². The average Bonchev–Trinajstić information content (AvgIpc) is 3.88. The summed E-state index contributed by atoms with van der Waals surface area (Å²) in [5.41, 5.74) is 5.80. The third-order valence-corrected chi connectivity index (χ3v) is 8.88. The molecule has 1 spiro atoms. The van der Waals surface area contributed by atoms with Gasteiger partial charge in [0.1, 0.15) is 30.0 Å². The molecule has 2 heterocycles. The van der Waals surface area contributed by atoms with Gasteiger partial charge >= 0.3 is 12.2 Å². The van der Waals surface area contributed by atoms with Gasteiger partial charge in [-0.05, 0) is 58.8 Å². The first-order valence-electron chi connectivity index (χ1n) is 15.8. The number of carbonyl (C=O) groups excluding carboxylic acids is 3. The molecular weight excluding hydrogens is 556 g/mol. The zero-order chi connectivity index (χ0) is 31.6. The number of rotatable bonds is 17. The van der Waals surface area contributed by atoms with Crippen molar-refractivity contribution in [3.63, 3.8) is 0 Å². The highest BCUT2D eigenvalue weighted by molar-refractivity contribution is 5.77. The zero-order valence-corrected chi connectivity index (χ0v) is 26.9. The molecule has 2 saturated heterocycles. The van der Waals surface area contributed by atoms with E-state index in [9.17, 15) is 14.4 Å². The van der Waals surface area contributed by atoms with E-state index in [0.717, 1.165) is 38.5 Å². The van der Waals surface area contributed by atoms with Gasteiger partial charge in [0.15, 0.2) is 0 Å². The van der Waals surface area contributed by atoms with Crippen LogP contribution in [0.2, 0.25) is 0 Å². The van der Waals surface area contributed by atoms with Gasteiger partial charge in [0.2, 0.25) is 5.91 Å². The Morgan fingerprint density at radius 3 is 2.33 bits per heavy atom. The molecule has 0 aromatic rings. The standard InChI is InChI=1S/C31H54N4O8/c1-20(2)11-12-24-30(5,43-24)27-26(39-6)23(13-14-31(27)19-41-31)42-29(38)35-22(21(3)4)18-40-28(37)34-16-10-8-7-9-15-33-25(36)17-32/h11,21-24,26-27H,7-10,12-19,32H2,1-6H3,(H,33,36)(H,34,37)(H,35,38). The first-order chi connectivity index (χ1) is 20.5. The van der Waals surface area contributed by atoms with E-state index in [2.05, 4.69) is 42.8 Å². The summed E-state index contributed by atoms with van der Waals surface area (Å²) < 4.78 is 29.5. The van der Waals surface area contributed by atoms with Crippen molar-refractivity contribution in [1.29, 1.82) is 0 Å². The van der Waals surface area contributed by atoms with Crippen LogP contribution in [0, 0.1) is 11.8 Å². The van der Waals surface area contributed by atoms with Crippen LogP contribution in [0.3, 0.4) is 0 Å².